The van der Waals surface area contributed by atoms with Crippen LogP contribution in [0.5, 0.6) is 0 Å². The summed E-state index contributed by atoms with van der Waals surface area (Å²) in [6.45, 7) is 0. The van der Waals surface area contributed by atoms with Crippen LogP contribution in [0.2, 0.25) is 0 Å². The number of rotatable bonds is 1. The van der Waals surface area contributed by atoms with Gasteiger partial charge in [0.15, 0.2) is 0 Å². The van der Waals surface area contributed by atoms with Gasteiger partial charge in [0.25, 0.3) is 0 Å². The molecule has 0 fully saturated rings. The monoisotopic (exact) mass is 304 g/mol. The molecule has 0 spiro atoms. The number of nitrogens with one attached hydrogen (secondary N) is 1. The maximum Gasteiger partial charge on any atom is 0.356 e. The van der Waals surface area contributed by atoms with E-state index in [2.05, 4.69) is 30.6 Å². The molecule has 0 bridgehead atoms. The number of hydrogen-bond donors (Lipinski definition) is 1. The highest BCUT2D eigenvalue weighted by molar-refractivity contribution is 9.10. The lowest BCUT2D eigenvalue weighted by atomic mass is 10.1. The van der Waals surface area contributed by atoms with Crippen LogP contribution in [0.25, 0.3) is 21.8 Å². The Kier molecular flexibility index (Phi) is 2.56. The number of nitrogens with zero attached hydrogens (tertiary/aromatic N) is 1. The van der Waals surface area contributed by atoms with E-state index < -0.39 is 5.97 Å². The van der Waals surface area contributed by atoms with Gasteiger partial charge >= 0.3 is 5.97 Å². The van der Waals surface area contributed by atoms with Crippen molar-refractivity contribution >= 4 is 43.7 Å². The SMILES string of the molecule is COC(=O)c1cc2c(cn1)[nH]c1ccc(Br)cc12. The van der Waals surface area contributed by atoms with E-state index >= 15 is 0 Å². The summed E-state index contributed by atoms with van der Waals surface area (Å²) in [6.07, 6.45) is 1.65. The van der Waals surface area contributed by atoms with Crippen LogP contribution >= 0.6 is 15.9 Å². The Morgan fingerprint density at radius 1 is 1.28 bits per heavy atom. The van der Waals surface area contributed by atoms with Crippen LogP contribution in [0, 0.1) is 0 Å². The number of carbonyl (C=O) groups is 1. The van der Waals surface area contributed by atoms with Crippen molar-refractivity contribution < 1.29 is 9.53 Å². The van der Waals surface area contributed by atoms with Crippen molar-refractivity contribution in [3.05, 3.63) is 40.6 Å². The Bertz CT molecular complexity index is 764. The minimum Gasteiger partial charge on any atom is -0.464 e. The summed E-state index contributed by atoms with van der Waals surface area (Å²) in [5.74, 6) is -0.429. The molecule has 3 rings (SSSR count). The average molecular weight is 305 g/mol. The maximum absolute atomic E-state index is 11.5. The summed E-state index contributed by atoms with van der Waals surface area (Å²) in [4.78, 5) is 18.8. The predicted octanol–water partition coefficient (Wildman–Crippen LogP) is 3.27. The first-order valence-corrected chi connectivity index (χ1v) is 6.13. The van der Waals surface area contributed by atoms with Gasteiger partial charge in [-0.15, -0.1) is 0 Å². The van der Waals surface area contributed by atoms with Crippen molar-refractivity contribution in [2.75, 3.05) is 7.11 Å². The molecule has 0 atom stereocenters. The Hall–Kier alpha value is -1.88. The fourth-order valence-electron chi connectivity index (χ4n) is 1.99. The van der Waals surface area contributed by atoms with E-state index in [1.165, 1.54) is 7.11 Å². The van der Waals surface area contributed by atoms with E-state index in [1.54, 1.807) is 12.3 Å². The van der Waals surface area contributed by atoms with E-state index in [-0.39, 0.29) is 0 Å². The van der Waals surface area contributed by atoms with E-state index in [0.29, 0.717) is 5.69 Å². The first-order valence-electron chi connectivity index (χ1n) is 5.34. The number of ether oxygens (including phenoxy) is 1. The zero-order chi connectivity index (χ0) is 12.7. The molecule has 5 heteroatoms. The zero-order valence-corrected chi connectivity index (χ0v) is 11.1. The molecule has 0 aliphatic heterocycles. The molecule has 0 unspecified atom stereocenters. The number of carbonyl (C=O) groups excluding carboxylic acids is 1. The van der Waals surface area contributed by atoms with Gasteiger partial charge in [0, 0.05) is 20.8 Å². The molecule has 2 heterocycles. The Labute approximate surface area is 111 Å². The zero-order valence-electron chi connectivity index (χ0n) is 9.53. The lowest BCUT2D eigenvalue weighted by Gasteiger charge is -1.98. The fraction of sp³-hybridized carbons (Fsp3) is 0.0769. The number of halogens is 1. The molecule has 4 nitrogen and oxygen atoms in total. The van der Waals surface area contributed by atoms with Gasteiger partial charge in [0.1, 0.15) is 5.69 Å². The van der Waals surface area contributed by atoms with E-state index in [4.69, 9.17) is 0 Å². The van der Waals surface area contributed by atoms with Gasteiger partial charge in [-0.3, -0.25) is 0 Å². The molecule has 90 valence electrons. The summed E-state index contributed by atoms with van der Waals surface area (Å²) < 4.78 is 5.67. The molecule has 3 aromatic rings. The third-order valence-electron chi connectivity index (χ3n) is 2.84. The number of fused-ring (bicyclic) bond motifs is 3. The number of pyridine rings is 1. The molecule has 0 aliphatic rings. The lowest BCUT2D eigenvalue weighted by molar-refractivity contribution is 0.0594. The Balaban J connectivity index is 2.34. The third kappa shape index (κ3) is 1.67. The topological polar surface area (TPSA) is 55.0 Å². The van der Waals surface area contributed by atoms with Gasteiger partial charge in [-0.1, -0.05) is 15.9 Å². The number of benzene rings is 1. The van der Waals surface area contributed by atoms with Gasteiger partial charge in [-0.05, 0) is 24.3 Å². The highest BCUT2D eigenvalue weighted by atomic mass is 79.9. The van der Waals surface area contributed by atoms with Crippen LogP contribution in [0.3, 0.4) is 0 Å². The highest BCUT2D eigenvalue weighted by Crippen LogP contribution is 2.28. The summed E-state index contributed by atoms with van der Waals surface area (Å²) >= 11 is 3.44. The van der Waals surface area contributed by atoms with Gasteiger partial charge < -0.3 is 9.72 Å². The molecular formula is C13H9BrN2O2. The largest absolute Gasteiger partial charge is 0.464 e. The standard InChI is InChI=1S/C13H9BrN2O2/c1-18-13(17)11-5-9-8-4-7(14)2-3-10(8)16-12(9)6-15-11/h2-6,16H,1H3. The highest BCUT2D eigenvalue weighted by Gasteiger charge is 2.11. The number of aromatic amines is 1. The van der Waals surface area contributed by atoms with E-state index in [1.807, 2.05) is 18.2 Å². The van der Waals surface area contributed by atoms with Crippen molar-refractivity contribution in [3.8, 4) is 0 Å². The van der Waals surface area contributed by atoms with Crippen molar-refractivity contribution in [1.29, 1.82) is 0 Å². The number of esters is 1. The quantitative estimate of drug-likeness (QED) is 0.702. The minimum absolute atomic E-state index is 0.311. The fourth-order valence-corrected chi connectivity index (χ4v) is 2.35. The van der Waals surface area contributed by atoms with Crippen LogP contribution in [-0.4, -0.2) is 23.0 Å². The van der Waals surface area contributed by atoms with Crippen molar-refractivity contribution in [1.82, 2.24) is 9.97 Å². The van der Waals surface area contributed by atoms with Gasteiger partial charge in [0.2, 0.25) is 0 Å². The molecule has 0 amide bonds. The first kappa shape index (κ1) is 11.2. The summed E-state index contributed by atoms with van der Waals surface area (Å²) in [5.41, 5.74) is 2.22. The van der Waals surface area contributed by atoms with Gasteiger partial charge in [-0.2, -0.15) is 0 Å². The Morgan fingerprint density at radius 2 is 2.06 bits per heavy atom. The van der Waals surface area contributed by atoms with Gasteiger partial charge in [-0.25, -0.2) is 9.78 Å². The maximum atomic E-state index is 11.5. The predicted molar refractivity (Wildman–Crippen MR) is 72.6 cm³/mol. The molecule has 18 heavy (non-hydrogen) atoms. The lowest BCUT2D eigenvalue weighted by Crippen LogP contribution is -2.03. The van der Waals surface area contributed by atoms with Crippen LogP contribution in [0.1, 0.15) is 10.5 Å². The average Bonchev–Trinajstić information content (AvgIpc) is 2.75. The molecule has 0 saturated heterocycles. The first-order chi connectivity index (χ1) is 8.69. The van der Waals surface area contributed by atoms with Crippen LogP contribution < -0.4 is 0 Å². The van der Waals surface area contributed by atoms with Crippen LogP contribution in [0.15, 0.2) is 34.9 Å². The third-order valence-corrected chi connectivity index (χ3v) is 3.33. The van der Waals surface area contributed by atoms with Crippen molar-refractivity contribution in [3.63, 3.8) is 0 Å². The molecule has 0 aliphatic carbocycles. The number of hydrogen-bond acceptors (Lipinski definition) is 3. The normalized spacial score (nSPS) is 11.0. The molecule has 0 saturated carbocycles. The van der Waals surface area contributed by atoms with Crippen molar-refractivity contribution in [2.45, 2.75) is 0 Å². The number of H-pyrrole nitrogens is 1. The molecular weight excluding hydrogens is 296 g/mol. The summed E-state index contributed by atoms with van der Waals surface area (Å²) in [5, 5.41) is 2.01. The smallest absolute Gasteiger partial charge is 0.356 e. The van der Waals surface area contributed by atoms with Crippen molar-refractivity contribution in [2.24, 2.45) is 0 Å². The van der Waals surface area contributed by atoms with Crippen LogP contribution in [-0.2, 0) is 4.74 Å². The number of aromatic nitrogens is 2. The van der Waals surface area contributed by atoms with Crippen LogP contribution in [0.4, 0.5) is 0 Å². The van der Waals surface area contributed by atoms with E-state index in [9.17, 15) is 4.79 Å². The molecule has 2 aromatic heterocycles. The second kappa shape index (κ2) is 4.10. The Morgan fingerprint density at radius 3 is 2.83 bits per heavy atom. The second-order valence-corrected chi connectivity index (χ2v) is 4.84. The number of methoxy groups -OCH3 is 1. The second-order valence-electron chi connectivity index (χ2n) is 3.92. The summed E-state index contributed by atoms with van der Waals surface area (Å²) in [6, 6.07) is 7.70. The minimum atomic E-state index is -0.429. The molecule has 0 radical (unpaired) electrons. The van der Waals surface area contributed by atoms with Gasteiger partial charge in [0.05, 0.1) is 18.8 Å². The molecule has 1 N–H and O–H groups in total. The van der Waals surface area contributed by atoms with E-state index in [0.717, 1.165) is 26.3 Å². The summed E-state index contributed by atoms with van der Waals surface area (Å²) in [7, 11) is 1.35. The molecule has 1 aromatic carbocycles.